The highest BCUT2D eigenvalue weighted by Crippen LogP contribution is 2.27. The summed E-state index contributed by atoms with van der Waals surface area (Å²) in [5, 5.41) is 12.0. The molecule has 0 aromatic heterocycles. The van der Waals surface area contributed by atoms with E-state index in [1.807, 2.05) is 16.7 Å². The number of rotatable bonds is 5. The van der Waals surface area contributed by atoms with Crippen molar-refractivity contribution in [1.29, 1.82) is 0 Å². The third-order valence-corrected chi connectivity index (χ3v) is 5.32. The van der Waals surface area contributed by atoms with Crippen LogP contribution in [0.5, 0.6) is 0 Å². The molecule has 22 heavy (non-hydrogen) atoms. The minimum atomic E-state index is -0.786. The van der Waals surface area contributed by atoms with Crippen LogP contribution in [0.1, 0.15) is 40.0 Å². The van der Waals surface area contributed by atoms with Crippen molar-refractivity contribution in [2.24, 2.45) is 11.8 Å². The van der Waals surface area contributed by atoms with E-state index in [0.29, 0.717) is 11.8 Å². The van der Waals surface area contributed by atoms with Gasteiger partial charge in [0, 0.05) is 25.2 Å². The van der Waals surface area contributed by atoms with E-state index in [0.717, 1.165) is 38.9 Å². The number of amides is 2. The van der Waals surface area contributed by atoms with Crippen LogP contribution in [0.2, 0.25) is 0 Å². The van der Waals surface area contributed by atoms with Crippen molar-refractivity contribution in [2.45, 2.75) is 52.1 Å². The van der Waals surface area contributed by atoms with Crippen LogP contribution in [-0.2, 0) is 4.79 Å². The maximum atomic E-state index is 12.3. The van der Waals surface area contributed by atoms with Gasteiger partial charge in [-0.15, -0.1) is 0 Å². The maximum absolute atomic E-state index is 12.3. The topological polar surface area (TPSA) is 72.9 Å². The molecule has 2 unspecified atom stereocenters. The molecule has 1 aliphatic heterocycles. The maximum Gasteiger partial charge on any atom is 0.317 e. The molecule has 2 amide bonds. The van der Waals surface area contributed by atoms with Gasteiger partial charge in [-0.3, -0.25) is 9.69 Å². The van der Waals surface area contributed by atoms with Crippen LogP contribution in [0.25, 0.3) is 0 Å². The van der Waals surface area contributed by atoms with Crippen molar-refractivity contribution in [1.82, 2.24) is 15.1 Å². The molecule has 0 bridgehead atoms. The molecule has 1 saturated carbocycles. The van der Waals surface area contributed by atoms with Crippen LogP contribution in [0.3, 0.4) is 0 Å². The Morgan fingerprint density at radius 3 is 2.50 bits per heavy atom. The number of carboxylic acids is 1. The zero-order chi connectivity index (χ0) is 16.3. The third-order valence-electron chi connectivity index (χ3n) is 5.32. The van der Waals surface area contributed by atoms with Gasteiger partial charge in [-0.1, -0.05) is 20.8 Å². The van der Waals surface area contributed by atoms with Crippen LogP contribution < -0.4 is 5.32 Å². The number of likely N-dealkylation sites (tertiary alicyclic amines) is 1. The molecule has 0 aromatic carbocycles. The average Bonchev–Trinajstić information content (AvgIpc) is 2.42. The highest BCUT2D eigenvalue weighted by atomic mass is 16.4. The average molecular weight is 311 g/mol. The molecule has 0 aromatic rings. The summed E-state index contributed by atoms with van der Waals surface area (Å²) in [6.45, 7) is 8.93. The largest absolute Gasteiger partial charge is 0.480 e. The molecule has 2 N–H and O–H groups in total. The Morgan fingerprint density at radius 1 is 1.27 bits per heavy atom. The molecule has 1 heterocycles. The first kappa shape index (κ1) is 17.1. The van der Waals surface area contributed by atoms with Gasteiger partial charge in [0.25, 0.3) is 0 Å². The standard InChI is InChI=1S/C16H29N3O3/c1-4-18(10-15(20)21)14-7-13(8-14)17-16(22)19-6-5-11(2)12(3)9-19/h11-14H,4-10H2,1-3H3,(H,17,22)(H,20,21). The van der Waals surface area contributed by atoms with Gasteiger partial charge in [-0.25, -0.2) is 4.79 Å². The predicted molar refractivity (Wildman–Crippen MR) is 84.7 cm³/mol. The van der Waals surface area contributed by atoms with Crippen molar-refractivity contribution >= 4 is 12.0 Å². The molecule has 1 saturated heterocycles. The number of hydrogen-bond acceptors (Lipinski definition) is 3. The lowest BCUT2D eigenvalue weighted by molar-refractivity contribution is -0.139. The first-order valence-electron chi connectivity index (χ1n) is 8.42. The summed E-state index contributed by atoms with van der Waals surface area (Å²) in [5.74, 6) is 0.455. The summed E-state index contributed by atoms with van der Waals surface area (Å²) in [4.78, 5) is 27.0. The van der Waals surface area contributed by atoms with Crippen LogP contribution in [0, 0.1) is 11.8 Å². The number of carbonyl (C=O) groups excluding carboxylic acids is 1. The summed E-state index contributed by atoms with van der Waals surface area (Å²) < 4.78 is 0. The molecule has 2 atom stereocenters. The van der Waals surface area contributed by atoms with Gasteiger partial charge in [0.15, 0.2) is 0 Å². The first-order chi connectivity index (χ1) is 10.4. The number of piperidine rings is 1. The van der Waals surface area contributed by atoms with E-state index in [-0.39, 0.29) is 24.7 Å². The number of urea groups is 1. The lowest BCUT2D eigenvalue weighted by Crippen LogP contribution is -2.57. The lowest BCUT2D eigenvalue weighted by Gasteiger charge is -2.43. The second-order valence-corrected chi connectivity index (χ2v) is 6.92. The van der Waals surface area contributed by atoms with Gasteiger partial charge >= 0.3 is 12.0 Å². The number of carboxylic acid groups (broad SMARTS) is 1. The van der Waals surface area contributed by atoms with Crippen LogP contribution in [0.4, 0.5) is 4.79 Å². The molecular weight excluding hydrogens is 282 g/mol. The SMILES string of the molecule is CCN(CC(=O)O)C1CC(NC(=O)N2CCC(C)C(C)C2)C1. The van der Waals surface area contributed by atoms with Crippen molar-refractivity contribution in [3.8, 4) is 0 Å². The van der Waals surface area contributed by atoms with E-state index >= 15 is 0 Å². The Balaban J connectivity index is 1.73. The molecule has 1 aliphatic carbocycles. The van der Waals surface area contributed by atoms with Gasteiger partial charge in [-0.05, 0) is 37.6 Å². The smallest absolute Gasteiger partial charge is 0.317 e. The van der Waals surface area contributed by atoms with E-state index in [2.05, 4.69) is 19.2 Å². The molecule has 2 rings (SSSR count). The number of nitrogens with zero attached hydrogens (tertiary/aromatic N) is 2. The van der Waals surface area contributed by atoms with Gasteiger partial charge in [0.1, 0.15) is 0 Å². The zero-order valence-electron chi connectivity index (χ0n) is 13.9. The summed E-state index contributed by atoms with van der Waals surface area (Å²) in [6.07, 6.45) is 2.78. The minimum absolute atomic E-state index is 0.0449. The fourth-order valence-electron chi connectivity index (χ4n) is 3.39. The highest BCUT2D eigenvalue weighted by Gasteiger charge is 2.36. The number of carbonyl (C=O) groups is 2. The van der Waals surface area contributed by atoms with Crippen molar-refractivity contribution in [3.05, 3.63) is 0 Å². The zero-order valence-corrected chi connectivity index (χ0v) is 13.9. The van der Waals surface area contributed by atoms with E-state index in [1.54, 1.807) is 0 Å². The fraction of sp³-hybridized carbons (Fsp3) is 0.875. The van der Waals surface area contributed by atoms with Crippen molar-refractivity contribution < 1.29 is 14.7 Å². The summed E-state index contributed by atoms with van der Waals surface area (Å²) in [5.41, 5.74) is 0. The number of aliphatic carboxylic acids is 1. The predicted octanol–water partition coefficient (Wildman–Crippen LogP) is 1.61. The van der Waals surface area contributed by atoms with Crippen LogP contribution in [-0.4, -0.2) is 65.2 Å². The van der Waals surface area contributed by atoms with Gasteiger partial charge in [0.2, 0.25) is 0 Å². The normalized spacial score (nSPS) is 31.7. The second kappa shape index (κ2) is 7.31. The van der Waals surface area contributed by atoms with Crippen molar-refractivity contribution in [3.63, 3.8) is 0 Å². The van der Waals surface area contributed by atoms with Crippen LogP contribution >= 0.6 is 0 Å². The van der Waals surface area contributed by atoms with Crippen LogP contribution in [0.15, 0.2) is 0 Å². The molecule has 0 spiro atoms. The Hall–Kier alpha value is -1.30. The molecule has 2 aliphatic rings. The molecule has 6 heteroatoms. The number of likely N-dealkylation sites (N-methyl/N-ethyl adjacent to an activating group) is 1. The Labute approximate surface area is 132 Å². The molecular formula is C16H29N3O3. The second-order valence-electron chi connectivity index (χ2n) is 6.92. The van der Waals surface area contributed by atoms with Gasteiger partial charge < -0.3 is 15.3 Å². The minimum Gasteiger partial charge on any atom is -0.480 e. The van der Waals surface area contributed by atoms with Crippen molar-refractivity contribution in [2.75, 3.05) is 26.2 Å². The van der Waals surface area contributed by atoms with E-state index in [1.165, 1.54) is 0 Å². The molecule has 6 nitrogen and oxygen atoms in total. The molecule has 126 valence electrons. The quantitative estimate of drug-likeness (QED) is 0.809. The monoisotopic (exact) mass is 311 g/mol. The van der Waals surface area contributed by atoms with Gasteiger partial charge in [-0.2, -0.15) is 0 Å². The summed E-state index contributed by atoms with van der Waals surface area (Å²) in [6, 6.07) is 0.519. The summed E-state index contributed by atoms with van der Waals surface area (Å²) in [7, 11) is 0. The van der Waals surface area contributed by atoms with E-state index in [4.69, 9.17) is 5.11 Å². The first-order valence-corrected chi connectivity index (χ1v) is 8.42. The Morgan fingerprint density at radius 2 is 1.95 bits per heavy atom. The Bertz CT molecular complexity index is 409. The van der Waals surface area contributed by atoms with Gasteiger partial charge in [0.05, 0.1) is 6.54 Å². The number of hydrogen-bond donors (Lipinski definition) is 2. The summed E-state index contributed by atoms with van der Waals surface area (Å²) >= 11 is 0. The number of nitrogens with one attached hydrogen (secondary N) is 1. The lowest BCUT2D eigenvalue weighted by atomic mass is 9.85. The molecule has 2 fully saturated rings. The Kier molecular flexibility index (Phi) is 5.67. The van der Waals surface area contributed by atoms with E-state index < -0.39 is 5.97 Å². The van der Waals surface area contributed by atoms with E-state index in [9.17, 15) is 9.59 Å². The molecule has 0 radical (unpaired) electrons. The highest BCUT2D eigenvalue weighted by molar-refractivity contribution is 5.74. The fourth-order valence-corrected chi connectivity index (χ4v) is 3.39. The third kappa shape index (κ3) is 4.12.